The summed E-state index contributed by atoms with van der Waals surface area (Å²) in [6.07, 6.45) is -15.1. The van der Waals surface area contributed by atoms with E-state index in [2.05, 4.69) is 64.8 Å². The number of rotatable bonds is 41. The number of nitrogens with one attached hydrogen (secondary N) is 4. The molecule has 17 heterocycles. The van der Waals surface area contributed by atoms with E-state index in [1.165, 1.54) is 93.3 Å². The Balaban J connectivity index is 0.578. The molecular weight excluding hydrogens is 2200 g/mol. The van der Waals surface area contributed by atoms with Crippen molar-refractivity contribution in [3.8, 4) is 0 Å². The van der Waals surface area contributed by atoms with Crippen molar-refractivity contribution in [1.29, 1.82) is 0 Å². The Kier molecular flexibility index (Phi) is 33.3. The van der Waals surface area contributed by atoms with Gasteiger partial charge in [-0.3, -0.25) is 71.1 Å². The summed E-state index contributed by atoms with van der Waals surface area (Å²) in [5, 5.41) is 0. The SMILES string of the molecule is CC[C@H]1O[C@@H](n2cnc3c(N)ncnc32)CC1OP(O)(=S)OC[C@H]1O[C@@H](n2cc(C)c(=O)[nH]c2=O)CC1OP(O)(=S)OC[C@H]1O[C@@H](n2cc(C)c(=O)[nH]c2=O)CC1OP(O)(=S)OC[C@H]1O[C@@H](n2cc(C)c(=O)[nH]c2=O)CC1OP(O)(=S)OC[C@H]1O[C@@H](n2cnc3c(N)ncnc32)CC1OP(O)(=S)OC[C@H]1O[C@@H](n2cc(C)c(=O)[nH]c2=O)CC1OP(O)(=S)OC[C@H]1O[C@@H](n2cnc3c(N)ncnc32)CC1OP(O)(=S)OC. The molecule has 73 heteroatoms. The number of anilines is 3. The molecule has 7 aliphatic rings. The quantitative estimate of drug-likeness (QED) is 0.0238. The molecule has 17 rings (SSSR count). The van der Waals surface area contributed by atoms with E-state index in [9.17, 15) is 72.6 Å². The zero-order valence-corrected chi connectivity index (χ0v) is 88.1. The van der Waals surface area contributed by atoms with Crippen LogP contribution < -0.4 is 62.2 Å². The lowest BCUT2D eigenvalue weighted by Gasteiger charge is -2.29. The number of aryl methyl sites for hydroxylation is 4. The van der Waals surface area contributed by atoms with Gasteiger partial charge < -0.3 is 148 Å². The highest BCUT2D eigenvalue weighted by atomic mass is 32.5. The van der Waals surface area contributed by atoms with E-state index in [0.29, 0.717) is 17.6 Å². The fraction of sp³-hybridized carbons (Fsp3) is 0.569. The molecule has 0 amide bonds. The highest BCUT2D eigenvalue weighted by molar-refractivity contribution is 8.09. The number of nitrogen functional groups attached to an aromatic ring is 3. The lowest BCUT2D eigenvalue weighted by molar-refractivity contribution is -0.0577. The molecule has 14 unspecified atom stereocenters. The van der Waals surface area contributed by atoms with Gasteiger partial charge in [-0.15, -0.1) is 0 Å². The highest BCUT2D eigenvalue weighted by Crippen LogP contribution is 2.59. The topological polar surface area (TPSA) is 764 Å². The predicted octanol–water partition coefficient (Wildman–Crippen LogP) is 1.07. The van der Waals surface area contributed by atoms with Crippen LogP contribution in [-0.4, -0.2) is 263 Å². The Labute approximate surface area is 849 Å². The number of nitrogens with two attached hydrogens (primary N) is 3. The average Bonchev–Trinajstić information content (AvgIpc) is 1.63. The van der Waals surface area contributed by atoms with E-state index < -0.39 is 274 Å². The van der Waals surface area contributed by atoms with Crippen LogP contribution in [0.3, 0.4) is 0 Å². The van der Waals surface area contributed by atoms with Gasteiger partial charge in [-0.1, -0.05) is 6.92 Å². The first-order chi connectivity index (χ1) is 68.4. The highest BCUT2D eigenvalue weighted by Gasteiger charge is 2.52. The first-order valence-electron chi connectivity index (χ1n) is 43.6. The van der Waals surface area contributed by atoms with Crippen LogP contribution in [0, 0.1) is 27.7 Å². The maximum atomic E-state index is 13.6. The molecular formula is C72H94N23O36P7S7. The third kappa shape index (κ3) is 25.4. The average molecular weight is 2300 g/mol. The number of imidazole rings is 3. The van der Waals surface area contributed by atoms with Gasteiger partial charge in [0.05, 0.1) is 107 Å². The Hall–Kier alpha value is -6.80. The molecule has 0 radical (unpaired) electrons. The van der Waals surface area contributed by atoms with E-state index in [1.54, 1.807) is 4.57 Å². The Morgan fingerprint density at radius 3 is 0.717 bits per heavy atom. The number of nitrogens with zero attached hydrogens (tertiary/aromatic N) is 16. The zero-order valence-electron chi connectivity index (χ0n) is 76.1. The van der Waals surface area contributed by atoms with Crippen LogP contribution in [-0.2, 0) is 179 Å². The second kappa shape index (κ2) is 44.1. The summed E-state index contributed by atoms with van der Waals surface area (Å²) in [5.74, 6) is 0.186. The summed E-state index contributed by atoms with van der Waals surface area (Å²) < 4.78 is 137. The first kappa shape index (κ1) is 109. The van der Waals surface area contributed by atoms with Crippen LogP contribution in [0.25, 0.3) is 33.5 Å². The molecule has 7 aliphatic heterocycles. The molecule has 10 aromatic rings. The molecule has 59 nitrogen and oxygen atoms in total. The summed E-state index contributed by atoms with van der Waals surface area (Å²) in [6, 6.07) is 0. The number of H-pyrrole nitrogens is 4. The molecule has 0 saturated carbocycles. The van der Waals surface area contributed by atoms with Crippen LogP contribution in [0.2, 0.25) is 0 Å². The molecule has 10 aromatic heterocycles. The molecule has 0 aromatic carbocycles. The molecule has 790 valence electrons. The fourth-order valence-corrected chi connectivity index (χ4v) is 26.8. The van der Waals surface area contributed by atoms with Crippen molar-refractivity contribution < 1.29 is 131 Å². The number of hydrogen-bond donors (Lipinski definition) is 14. The minimum atomic E-state index is -4.77. The van der Waals surface area contributed by atoms with Crippen LogP contribution >= 0.6 is 47.0 Å². The van der Waals surface area contributed by atoms with Gasteiger partial charge in [0.15, 0.2) is 34.4 Å². The molecule has 17 N–H and O–H groups in total. The normalized spacial score (nSPS) is 29.6. The third-order valence-corrected chi connectivity index (χ3v) is 35.3. The van der Waals surface area contributed by atoms with Gasteiger partial charge in [0.1, 0.15) is 116 Å². The Bertz CT molecular complexity index is 7470. The molecule has 0 aliphatic carbocycles. The van der Waals surface area contributed by atoms with E-state index in [0.717, 1.165) is 31.7 Å². The summed E-state index contributed by atoms with van der Waals surface area (Å²) in [7, 11) is 1.14. The zero-order chi connectivity index (χ0) is 104. The van der Waals surface area contributed by atoms with Crippen molar-refractivity contribution in [1.82, 2.24) is 96.8 Å². The second-order valence-electron chi connectivity index (χ2n) is 33.9. The predicted molar refractivity (Wildman–Crippen MR) is 526 cm³/mol. The number of aromatic amines is 4. The number of hydrogen-bond acceptors (Lipinski definition) is 48. The van der Waals surface area contributed by atoms with E-state index >= 15 is 0 Å². The summed E-state index contributed by atoms with van der Waals surface area (Å²) in [4.78, 5) is 235. The van der Waals surface area contributed by atoms with Gasteiger partial charge in [0, 0.05) is 99.1 Å². The Morgan fingerprint density at radius 1 is 0.317 bits per heavy atom. The molecule has 28 atom stereocenters. The second-order valence-corrected chi connectivity index (χ2v) is 53.5. The largest absolute Gasteiger partial charge is 0.382 e. The van der Waals surface area contributed by atoms with Crippen molar-refractivity contribution in [2.24, 2.45) is 0 Å². The van der Waals surface area contributed by atoms with Crippen molar-refractivity contribution >= 4 is 181 Å². The maximum Gasteiger partial charge on any atom is 0.330 e. The molecule has 7 saturated heterocycles. The Morgan fingerprint density at radius 2 is 0.510 bits per heavy atom. The lowest BCUT2D eigenvalue weighted by Crippen LogP contribution is -2.33. The summed E-state index contributed by atoms with van der Waals surface area (Å²) >= 11 is 39.0. The van der Waals surface area contributed by atoms with Gasteiger partial charge >= 0.3 is 69.8 Å². The molecule has 7 fully saturated rings. The van der Waals surface area contributed by atoms with Gasteiger partial charge in [-0.25, -0.2) is 64.0 Å². The smallest absolute Gasteiger partial charge is 0.330 e. The summed E-state index contributed by atoms with van der Waals surface area (Å²) in [6.45, 7) is -28.6. The number of fused-ring (bicyclic) bond motifs is 3. The third-order valence-electron chi connectivity index (χ3n) is 24.1. The maximum absolute atomic E-state index is 13.6. The van der Waals surface area contributed by atoms with Gasteiger partial charge in [-0.2, -0.15) is 0 Å². The van der Waals surface area contributed by atoms with Crippen molar-refractivity contribution in [2.75, 3.05) is 64.0 Å². The number of aromatic nitrogens is 20. The number of ether oxygens (including phenoxy) is 7. The molecule has 145 heavy (non-hydrogen) atoms. The van der Waals surface area contributed by atoms with E-state index in [1.807, 2.05) is 6.92 Å². The lowest BCUT2D eigenvalue weighted by atomic mass is 10.1. The first-order valence-corrected chi connectivity index (χ1v) is 61.7. The minimum absolute atomic E-state index is 0.0202. The van der Waals surface area contributed by atoms with Crippen LogP contribution in [0.15, 0.2) is 101 Å². The fourth-order valence-electron chi connectivity index (χ4n) is 17.0. The van der Waals surface area contributed by atoms with Gasteiger partial charge in [-0.05, 0) is 117 Å². The van der Waals surface area contributed by atoms with E-state index in [4.69, 9.17) is 196 Å². The van der Waals surface area contributed by atoms with E-state index in [-0.39, 0.29) is 94.1 Å². The van der Waals surface area contributed by atoms with Gasteiger partial charge in [0.2, 0.25) is 0 Å². The van der Waals surface area contributed by atoms with Crippen LogP contribution in [0.4, 0.5) is 17.5 Å². The minimum Gasteiger partial charge on any atom is -0.382 e. The monoisotopic (exact) mass is 2300 g/mol. The van der Waals surface area contributed by atoms with Crippen molar-refractivity contribution in [2.45, 2.75) is 215 Å². The molecule has 0 bridgehead atoms. The van der Waals surface area contributed by atoms with Crippen LogP contribution in [0.1, 0.15) is 124 Å². The summed E-state index contributed by atoms with van der Waals surface area (Å²) in [5.41, 5.74) is 13.4. The van der Waals surface area contributed by atoms with Crippen molar-refractivity contribution in [3.05, 3.63) is 168 Å². The van der Waals surface area contributed by atoms with Crippen molar-refractivity contribution in [3.63, 3.8) is 0 Å². The van der Waals surface area contributed by atoms with Gasteiger partial charge in [0.25, 0.3) is 22.2 Å². The molecule has 0 spiro atoms. The van der Waals surface area contributed by atoms with Crippen LogP contribution in [0.5, 0.6) is 0 Å². The standard InChI is InChI=1S/C72H94N23O36P7S7/c1-7-35-36(8-53(118-35)93-28-82-56-59(73)76-25-79-62(56)93)126-133(105,140)112-20-44-38(9-49(119-44)89-15-31(2)65(96)85-69(89)100)128-135(107,142)114-21-45-40(11-51(120-45)91-17-33(4)67(98)87-71(91)102)129-136(108,143)115-22-46-41(12-52(121-46)92-18-34(5)68(99)88-72(92)103)130-137(109,144)117-24-48-42(14-55(124-48)95-30-84-58-61(75)78-27-81-64(58)95)131-138(110,145)116-23-47-39(10-50(122-47)90-16-32(3)66(97)86-70(90)101)127-134(106,141)113-19-43-37(125-132(104,139)111-6)13-54(123-43)94-29-83-57-60(74)77-26-80-63(57)94/h15-18,25-30,35-55H,7-14,19-24H2,1-6H3,(H,104,139)(H,105,140)(H,106,141)(H,107,142)(H,108,143)(H,109,144)(H,110,145)(H2,73,76,79)(H2,74,77,80)(H2,75,78,81)(H,85,96,100)(H,86,97,101)(H,87,98,102)(H,88,99,103)/t35-,36?,37?,38?,39?,40?,41?,42?,43-,44-,45-,46-,47-,48-,49-,50-,51-,52-,53-,54-,55-,132?,133?,134?,135?,136?,137?,138?/m1/s1.